The maximum Gasteiger partial charge on any atom is 0.355 e. The topological polar surface area (TPSA) is 101 Å². The van der Waals surface area contributed by atoms with Crippen molar-refractivity contribution in [2.75, 3.05) is 36.8 Å². The molecule has 4 N–H and O–H groups in total. The molecule has 4 heterocycles. The first kappa shape index (κ1) is 26.6. The minimum Gasteiger partial charge on any atom is -0.396 e. The van der Waals surface area contributed by atoms with Gasteiger partial charge in [0.15, 0.2) is 34.7 Å². The Morgan fingerprint density at radius 2 is 1.69 bits per heavy atom. The zero-order chi connectivity index (χ0) is 28.2. The summed E-state index contributed by atoms with van der Waals surface area (Å²) in [5.41, 5.74) is 2.77. The van der Waals surface area contributed by atoms with Crippen LogP contribution in [0.2, 0.25) is 0 Å². The molecular weight excluding hydrogens is 521 g/mol. The molecule has 2 aliphatic rings. The molecule has 2 aliphatic heterocycles. The van der Waals surface area contributed by atoms with Crippen LogP contribution in [-0.4, -0.2) is 46.8 Å². The van der Waals surface area contributed by atoms with Crippen LogP contribution in [0.5, 0.6) is 0 Å². The fourth-order valence-corrected chi connectivity index (χ4v) is 5.01. The van der Waals surface area contributed by atoms with E-state index in [2.05, 4.69) is 20.6 Å². The summed E-state index contributed by atoms with van der Waals surface area (Å²) in [5, 5.41) is 6.50. The predicted octanol–water partition coefficient (Wildman–Crippen LogP) is 3.52. The minimum atomic E-state index is -2.16. The summed E-state index contributed by atoms with van der Waals surface area (Å²) in [6, 6.07) is 0.586. The van der Waals surface area contributed by atoms with Crippen LogP contribution in [0.1, 0.15) is 20.8 Å². The lowest BCUT2D eigenvalue weighted by Gasteiger charge is -2.32. The van der Waals surface area contributed by atoms with Crippen LogP contribution in [0.15, 0.2) is 28.7 Å². The van der Waals surface area contributed by atoms with E-state index in [4.69, 9.17) is 5.73 Å². The Kier molecular flexibility index (Phi) is 6.79. The van der Waals surface area contributed by atoms with Gasteiger partial charge < -0.3 is 21.3 Å². The zero-order valence-corrected chi connectivity index (χ0v) is 21.4. The third kappa shape index (κ3) is 4.30. The number of halogens is 5. The highest BCUT2D eigenvalue weighted by atomic mass is 19.2. The number of nitrogens with two attached hydrogens (primary N) is 1. The zero-order valence-electron chi connectivity index (χ0n) is 21.4. The summed E-state index contributed by atoms with van der Waals surface area (Å²) in [4.78, 5) is 24.0. The highest BCUT2D eigenvalue weighted by Gasteiger charge is 2.31. The Morgan fingerprint density at radius 3 is 2.36 bits per heavy atom. The number of dihydropyridines is 1. The van der Waals surface area contributed by atoms with Gasteiger partial charge in [-0.1, -0.05) is 13.8 Å². The molecule has 0 unspecified atom stereocenters. The summed E-state index contributed by atoms with van der Waals surface area (Å²) in [6.07, 6.45) is 3.47. The Hall–Kier alpha value is -4.00. The maximum absolute atomic E-state index is 15.6. The Morgan fingerprint density at radius 1 is 1.03 bits per heavy atom. The Labute approximate surface area is 220 Å². The van der Waals surface area contributed by atoms with E-state index < -0.39 is 51.7 Å². The number of fused-ring (bicyclic) bond motifs is 1. The number of hydrogen-bond acceptors (Lipinski definition) is 7. The summed E-state index contributed by atoms with van der Waals surface area (Å²) in [5.74, 6) is -9.12. The van der Waals surface area contributed by atoms with E-state index in [0.29, 0.717) is 37.4 Å². The number of hydrogen-bond donors (Lipinski definition) is 3. The number of benzene rings is 1. The van der Waals surface area contributed by atoms with Gasteiger partial charge in [0.1, 0.15) is 11.5 Å². The van der Waals surface area contributed by atoms with Crippen molar-refractivity contribution >= 4 is 28.2 Å². The highest BCUT2D eigenvalue weighted by Crippen LogP contribution is 2.37. The van der Waals surface area contributed by atoms with E-state index in [0.717, 1.165) is 6.07 Å². The van der Waals surface area contributed by atoms with Crippen molar-refractivity contribution in [1.82, 2.24) is 25.2 Å². The molecule has 2 aromatic heterocycles. The molecule has 206 valence electrons. The molecule has 5 rings (SSSR count). The third-order valence-corrected chi connectivity index (χ3v) is 6.97. The number of anilines is 2. The smallest absolute Gasteiger partial charge is 0.355 e. The highest BCUT2D eigenvalue weighted by molar-refractivity contribution is 5.92. The molecule has 1 atom stereocenters. The quantitative estimate of drug-likeness (QED) is 0.199. The molecule has 13 heteroatoms. The van der Waals surface area contributed by atoms with E-state index in [1.54, 1.807) is 24.1 Å². The van der Waals surface area contributed by atoms with Gasteiger partial charge in [-0.05, 0) is 36.8 Å². The number of rotatable bonds is 4. The fraction of sp³-hybridized carbons (Fsp3) is 0.346. The van der Waals surface area contributed by atoms with E-state index in [1.165, 1.54) is 4.57 Å². The molecule has 0 radical (unpaired) electrons. The van der Waals surface area contributed by atoms with Crippen LogP contribution in [0.4, 0.5) is 33.5 Å². The monoisotopic (exact) mass is 547 g/mol. The number of nitrogens with zero attached hydrogens (tertiary/aromatic N) is 4. The first-order chi connectivity index (χ1) is 18.5. The summed E-state index contributed by atoms with van der Waals surface area (Å²) >= 11 is 0. The average molecular weight is 548 g/mol. The maximum atomic E-state index is 15.6. The third-order valence-electron chi connectivity index (χ3n) is 6.97. The van der Waals surface area contributed by atoms with Crippen LogP contribution in [-0.2, 0) is 0 Å². The van der Waals surface area contributed by atoms with Crippen LogP contribution >= 0.6 is 0 Å². The van der Waals surface area contributed by atoms with Crippen molar-refractivity contribution in [2.45, 2.75) is 26.8 Å². The Bertz CT molecular complexity index is 1580. The second kappa shape index (κ2) is 9.95. The molecule has 1 aromatic carbocycles. The largest absolute Gasteiger partial charge is 0.396 e. The van der Waals surface area contributed by atoms with Crippen LogP contribution in [0.25, 0.3) is 28.0 Å². The van der Waals surface area contributed by atoms with Gasteiger partial charge >= 0.3 is 5.69 Å². The summed E-state index contributed by atoms with van der Waals surface area (Å²) in [7, 11) is 0. The molecule has 0 amide bonds. The van der Waals surface area contributed by atoms with E-state index in [9.17, 15) is 22.4 Å². The van der Waals surface area contributed by atoms with Gasteiger partial charge in [0.2, 0.25) is 0 Å². The van der Waals surface area contributed by atoms with Crippen molar-refractivity contribution in [3.63, 3.8) is 0 Å². The van der Waals surface area contributed by atoms with Gasteiger partial charge in [0, 0.05) is 26.2 Å². The molecule has 0 bridgehead atoms. The van der Waals surface area contributed by atoms with E-state index in [-0.39, 0.29) is 28.8 Å². The van der Waals surface area contributed by atoms with Gasteiger partial charge in [0.25, 0.3) is 0 Å². The van der Waals surface area contributed by atoms with Crippen molar-refractivity contribution in [3.05, 3.63) is 63.5 Å². The van der Waals surface area contributed by atoms with Crippen LogP contribution in [0.3, 0.4) is 0 Å². The van der Waals surface area contributed by atoms with Crippen molar-refractivity contribution in [2.24, 2.45) is 5.92 Å². The fourth-order valence-electron chi connectivity index (χ4n) is 5.01. The first-order valence-electron chi connectivity index (χ1n) is 12.4. The molecule has 1 fully saturated rings. The molecule has 0 aliphatic carbocycles. The van der Waals surface area contributed by atoms with Crippen molar-refractivity contribution < 1.29 is 22.0 Å². The normalized spacial score (nSPS) is 17.9. The van der Waals surface area contributed by atoms with Crippen LogP contribution < -0.4 is 27.0 Å². The summed E-state index contributed by atoms with van der Waals surface area (Å²) in [6.45, 7) is 7.74. The number of nitrogens with one attached hydrogen (secondary N) is 2. The molecule has 8 nitrogen and oxygen atoms in total. The van der Waals surface area contributed by atoms with E-state index >= 15 is 4.39 Å². The molecule has 3 aromatic rings. The lowest BCUT2D eigenvalue weighted by molar-refractivity contribution is 0.412. The molecule has 0 saturated carbocycles. The second-order valence-electron chi connectivity index (χ2n) is 9.81. The number of aromatic nitrogens is 3. The standard InChI is InChI=1S/C26H26F5N7O/c1-11(2)21-23(12(3)4-5-34-21)38-25-13(24(36-26(38)39)37-8-6-33-7-9-37)10-14(27)22(35-25)15-16(28)17(29)18(30)19(31)20(15)32/h4-5,10-11,21,33-34H,6-9,32H2,1-3H3/t21-/m1/s1. The van der Waals surface area contributed by atoms with Gasteiger partial charge in [-0.3, -0.25) is 0 Å². The van der Waals surface area contributed by atoms with Gasteiger partial charge in [-0.15, -0.1) is 0 Å². The number of pyridine rings is 1. The first-order valence-corrected chi connectivity index (χ1v) is 12.4. The molecule has 39 heavy (non-hydrogen) atoms. The number of nitrogen functional groups attached to an aromatic ring is 1. The van der Waals surface area contributed by atoms with Gasteiger partial charge in [-0.25, -0.2) is 36.3 Å². The number of allylic oxidation sites excluding steroid dienone is 2. The van der Waals surface area contributed by atoms with Gasteiger partial charge in [0.05, 0.1) is 28.4 Å². The number of piperazine rings is 1. The lowest BCUT2D eigenvalue weighted by atomic mass is 9.95. The molecular formula is C26H26F5N7O. The predicted molar refractivity (Wildman–Crippen MR) is 138 cm³/mol. The Balaban J connectivity index is 1.90. The molecule has 1 saturated heterocycles. The van der Waals surface area contributed by atoms with Crippen molar-refractivity contribution in [1.29, 1.82) is 0 Å². The SMILES string of the molecule is CC1=C(n2c(=O)nc(N3CCNCC3)c3cc(F)c(-c4c(N)c(F)c(F)c(F)c4F)nc32)[C@@H](C(C)C)NC=C1. The van der Waals surface area contributed by atoms with Gasteiger partial charge in [-0.2, -0.15) is 4.98 Å². The average Bonchev–Trinajstić information content (AvgIpc) is 2.92. The summed E-state index contributed by atoms with van der Waals surface area (Å²) < 4.78 is 74.1. The van der Waals surface area contributed by atoms with E-state index in [1.807, 2.05) is 13.8 Å². The molecule has 0 spiro atoms. The van der Waals surface area contributed by atoms with Crippen LogP contribution in [0, 0.1) is 35.0 Å². The second-order valence-corrected chi connectivity index (χ2v) is 9.81. The lowest BCUT2D eigenvalue weighted by Crippen LogP contribution is -2.45. The van der Waals surface area contributed by atoms with Crippen molar-refractivity contribution in [3.8, 4) is 11.3 Å². The minimum absolute atomic E-state index is 0.0250.